The summed E-state index contributed by atoms with van der Waals surface area (Å²) in [6, 6.07) is 0. The zero-order valence-corrected chi connectivity index (χ0v) is 11.1. The third kappa shape index (κ3) is 2.92. The Kier molecular flexibility index (Phi) is 5.25. The maximum atomic E-state index is 11.9. The molecule has 1 saturated carbocycles. The molecule has 1 rings (SSSR count). The summed E-state index contributed by atoms with van der Waals surface area (Å²) in [5.74, 6) is -1.53. The van der Waals surface area contributed by atoms with Crippen LogP contribution in [-0.4, -0.2) is 30.0 Å². The van der Waals surface area contributed by atoms with Crippen molar-refractivity contribution in [2.75, 3.05) is 13.2 Å². The van der Waals surface area contributed by atoms with E-state index in [1.807, 2.05) is 0 Å². The molecule has 98 valence electrons. The van der Waals surface area contributed by atoms with Gasteiger partial charge in [0.05, 0.1) is 13.2 Å². The summed E-state index contributed by atoms with van der Waals surface area (Å²) < 4.78 is 9.83. The van der Waals surface area contributed by atoms with Gasteiger partial charge in [-0.1, -0.05) is 24.4 Å². The molecule has 0 spiro atoms. The van der Waals surface area contributed by atoms with Crippen molar-refractivity contribution in [3.63, 3.8) is 0 Å². The van der Waals surface area contributed by atoms with Crippen LogP contribution in [0.15, 0.2) is 0 Å². The molecule has 17 heavy (non-hydrogen) atoms. The van der Waals surface area contributed by atoms with Gasteiger partial charge in [0.15, 0.2) is 0 Å². The molecule has 0 N–H and O–H groups in total. The molecular weight excluding hydrogens is 244 g/mol. The summed E-state index contributed by atoms with van der Waals surface area (Å²) in [6.07, 6.45) is 3.50. The normalized spacial score (nSPS) is 16.9. The smallest absolute Gasteiger partial charge is 0.339 e. The third-order valence-corrected chi connectivity index (χ3v) is 3.68. The van der Waals surface area contributed by atoms with Crippen molar-refractivity contribution in [3.8, 4) is 0 Å². The Hall–Kier alpha value is -0.770. The summed E-state index contributed by atoms with van der Waals surface area (Å²) >= 11 is 6.25. The first-order valence-corrected chi connectivity index (χ1v) is 6.48. The fourth-order valence-corrected chi connectivity index (χ4v) is 2.54. The van der Waals surface area contributed by atoms with Gasteiger partial charge in [0.2, 0.25) is 4.87 Å². The molecule has 0 aromatic rings. The average molecular weight is 263 g/mol. The Morgan fingerprint density at radius 2 is 1.53 bits per heavy atom. The van der Waals surface area contributed by atoms with Gasteiger partial charge in [0, 0.05) is 0 Å². The number of hydrogen-bond donors (Lipinski definition) is 0. The minimum atomic E-state index is -1.65. The molecule has 0 radical (unpaired) electrons. The van der Waals surface area contributed by atoms with Gasteiger partial charge in [0.1, 0.15) is 0 Å². The molecule has 0 unspecified atom stereocenters. The number of rotatable bonds is 5. The van der Waals surface area contributed by atoms with Crippen LogP contribution in [0.1, 0.15) is 39.5 Å². The maximum Gasteiger partial charge on any atom is 0.339 e. The van der Waals surface area contributed by atoms with Crippen LogP contribution in [0.3, 0.4) is 0 Å². The summed E-state index contributed by atoms with van der Waals surface area (Å²) in [5, 5.41) is 0. The van der Waals surface area contributed by atoms with Crippen molar-refractivity contribution in [2.45, 2.75) is 44.4 Å². The highest BCUT2D eigenvalue weighted by Gasteiger charge is 2.54. The predicted octanol–water partition coefficient (Wildman–Crippen LogP) is 2.28. The van der Waals surface area contributed by atoms with E-state index in [4.69, 9.17) is 21.1 Å². The van der Waals surface area contributed by atoms with Crippen molar-refractivity contribution >= 4 is 23.5 Å². The first kappa shape index (κ1) is 14.3. The van der Waals surface area contributed by atoms with E-state index in [1.54, 1.807) is 13.8 Å². The molecule has 0 aromatic carbocycles. The SMILES string of the molecule is CCOC(=O)C(Cl)(C(=O)OCC)C1CCCC1. The van der Waals surface area contributed by atoms with Crippen LogP contribution < -0.4 is 0 Å². The van der Waals surface area contributed by atoms with Crippen molar-refractivity contribution in [1.29, 1.82) is 0 Å². The second-order valence-electron chi connectivity index (χ2n) is 4.13. The van der Waals surface area contributed by atoms with Gasteiger partial charge in [-0.05, 0) is 32.6 Å². The van der Waals surface area contributed by atoms with Gasteiger partial charge < -0.3 is 9.47 Å². The lowest BCUT2D eigenvalue weighted by Crippen LogP contribution is -2.49. The molecule has 5 heteroatoms. The molecule has 0 aliphatic heterocycles. The molecule has 0 heterocycles. The number of halogens is 1. The van der Waals surface area contributed by atoms with E-state index in [0.29, 0.717) is 0 Å². The Morgan fingerprint density at radius 3 is 1.88 bits per heavy atom. The number of esters is 2. The van der Waals surface area contributed by atoms with Crippen molar-refractivity contribution in [3.05, 3.63) is 0 Å². The second kappa shape index (κ2) is 6.24. The summed E-state index contributed by atoms with van der Waals surface area (Å²) in [6.45, 7) is 3.79. The predicted molar refractivity (Wildman–Crippen MR) is 63.8 cm³/mol. The first-order chi connectivity index (χ1) is 8.07. The van der Waals surface area contributed by atoms with Gasteiger partial charge in [0.25, 0.3) is 0 Å². The lowest BCUT2D eigenvalue weighted by Gasteiger charge is -2.28. The summed E-state index contributed by atoms with van der Waals surface area (Å²) in [7, 11) is 0. The highest BCUT2D eigenvalue weighted by molar-refractivity contribution is 6.45. The fraction of sp³-hybridized carbons (Fsp3) is 0.833. The maximum absolute atomic E-state index is 11.9. The molecule has 0 aromatic heterocycles. The second-order valence-corrected chi connectivity index (χ2v) is 4.73. The Bertz CT molecular complexity index is 266. The van der Waals surface area contributed by atoms with E-state index < -0.39 is 16.8 Å². The molecule has 1 fully saturated rings. The molecule has 1 aliphatic carbocycles. The lowest BCUT2D eigenvalue weighted by atomic mass is 9.90. The Morgan fingerprint density at radius 1 is 1.12 bits per heavy atom. The van der Waals surface area contributed by atoms with Crippen molar-refractivity contribution < 1.29 is 19.1 Å². The summed E-state index contributed by atoms with van der Waals surface area (Å²) in [4.78, 5) is 22.2. The molecule has 0 bridgehead atoms. The zero-order chi connectivity index (χ0) is 12.9. The first-order valence-electron chi connectivity index (χ1n) is 6.10. The topological polar surface area (TPSA) is 52.6 Å². The average Bonchev–Trinajstić information content (AvgIpc) is 2.82. The van der Waals surface area contributed by atoms with Gasteiger partial charge >= 0.3 is 11.9 Å². The van der Waals surface area contributed by atoms with E-state index in [1.165, 1.54) is 0 Å². The third-order valence-electron chi connectivity index (χ3n) is 3.06. The van der Waals surface area contributed by atoms with Crippen molar-refractivity contribution in [1.82, 2.24) is 0 Å². The molecule has 4 nitrogen and oxygen atoms in total. The van der Waals surface area contributed by atoms with E-state index in [2.05, 4.69) is 0 Å². The lowest BCUT2D eigenvalue weighted by molar-refractivity contribution is -0.161. The van der Waals surface area contributed by atoms with Gasteiger partial charge in [-0.15, -0.1) is 0 Å². The minimum Gasteiger partial charge on any atom is -0.464 e. The number of ether oxygens (including phenoxy) is 2. The number of alkyl halides is 1. The monoisotopic (exact) mass is 262 g/mol. The molecule has 0 saturated heterocycles. The number of hydrogen-bond acceptors (Lipinski definition) is 4. The quantitative estimate of drug-likeness (QED) is 0.433. The van der Waals surface area contributed by atoms with Gasteiger partial charge in [-0.3, -0.25) is 0 Å². The minimum absolute atomic E-state index is 0.178. The van der Waals surface area contributed by atoms with Crippen molar-refractivity contribution in [2.24, 2.45) is 5.92 Å². The molecule has 1 aliphatic rings. The standard InChI is InChI=1S/C12H19ClO4/c1-3-16-10(14)12(13,11(15)17-4-2)9-7-5-6-8-9/h9H,3-8H2,1-2H3. The van der Waals surface area contributed by atoms with Gasteiger partial charge in [-0.2, -0.15) is 0 Å². The van der Waals surface area contributed by atoms with Crippen LogP contribution in [0, 0.1) is 5.92 Å². The highest BCUT2D eigenvalue weighted by Crippen LogP contribution is 2.40. The highest BCUT2D eigenvalue weighted by atomic mass is 35.5. The van der Waals surface area contributed by atoms with E-state index in [-0.39, 0.29) is 19.1 Å². The largest absolute Gasteiger partial charge is 0.464 e. The van der Waals surface area contributed by atoms with Crippen LogP contribution in [0.25, 0.3) is 0 Å². The fourth-order valence-electron chi connectivity index (χ4n) is 2.21. The van der Waals surface area contributed by atoms with Crippen LogP contribution in [0.4, 0.5) is 0 Å². The Labute approximate surface area is 107 Å². The Balaban J connectivity index is 2.89. The summed E-state index contributed by atoms with van der Waals surface area (Å²) in [5.41, 5.74) is 0. The number of carbonyl (C=O) groups is 2. The molecule has 0 amide bonds. The van der Waals surface area contributed by atoms with E-state index in [0.717, 1.165) is 25.7 Å². The van der Waals surface area contributed by atoms with Crippen LogP contribution >= 0.6 is 11.6 Å². The van der Waals surface area contributed by atoms with E-state index in [9.17, 15) is 9.59 Å². The molecule has 0 atom stereocenters. The van der Waals surface area contributed by atoms with Gasteiger partial charge in [-0.25, -0.2) is 9.59 Å². The zero-order valence-electron chi connectivity index (χ0n) is 10.3. The molecular formula is C12H19ClO4. The van der Waals surface area contributed by atoms with Crippen LogP contribution in [0.5, 0.6) is 0 Å². The van der Waals surface area contributed by atoms with Crippen LogP contribution in [-0.2, 0) is 19.1 Å². The van der Waals surface area contributed by atoms with Crippen LogP contribution in [0.2, 0.25) is 0 Å². The number of carbonyl (C=O) groups excluding carboxylic acids is 2. The van der Waals surface area contributed by atoms with E-state index >= 15 is 0 Å².